The first-order valence-corrected chi connectivity index (χ1v) is 11.6. The van der Waals surface area contributed by atoms with E-state index in [1.54, 1.807) is 0 Å². The maximum atomic E-state index is 6.19. The zero-order valence-electron chi connectivity index (χ0n) is 19.9. The minimum absolute atomic E-state index is 0.182. The number of piperidine rings is 1. The van der Waals surface area contributed by atoms with Gasteiger partial charge in [0.25, 0.3) is 0 Å². The molecule has 2 fully saturated rings. The monoisotopic (exact) mass is 372 g/mol. The summed E-state index contributed by atoms with van der Waals surface area (Å²) in [4.78, 5) is 5.19. The molecular weight excluding hydrogens is 320 g/mol. The minimum Gasteiger partial charge on any atom is -0.372 e. The second-order valence-electron chi connectivity index (χ2n) is 7.49. The highest BCUT2D eigenvalue weighted by Gasteiger charge is 2.39. The minimum atomic E-state index is 0.182. The number of ether oxygens (including phenoxy) is 1. The van der Waals surface area contributed by atoms with Crippen molar-refractivity contribution in [3.8, 4) is 0 Å². The molecule has 3 nitrogen and oxygen atoms in total. The molecule has 2 rings (SSSR count). The normalized spacial score (nSPS) is 19.6. The highest BCUT2D eigenvalue weighted by Crippen LogP contribution is 2.30. The van der Waals surface area contributed by atoms with Crippen molar-refractivity contribution < 1.29 is 4.74 Å². The number of hydrogen-bond donors (Lipinski definition) is 0. The van der Waals surface area contributed by atoms with Gasteiger partial charge >= 0.3 is 0 Å². The summed E-state index contributed by atoms with van der Waals surface area (Å²) in [7, 11) is 0. The summed E-state index contributed by atoms with van der Waals surface area (Å²) in [6, 6.07) is 0. The van der Waals surface area contributed by atoms with Gasteiger partial charge < -0.3 is 9.64 Å². The molecule has 2 saturated heterocycles. The summed E-state index contributed by atoms with van der Waals surface area (Å²) in [6.07, 6.45) is 6.39. The number of hydrogen-bond acceptors (Lipinski definition) is 3. The fourth-order valence-corrected chi connectivity index (χ4v) is 3.42. The summed E-state index contributed by atoms with van der Waals surface area (Å²) in [5.74, 6) is 0.836. The van der Waals surface area contributed by atoms with E-state index in [1.807, 2.05) is 27.7 Å². The standard InChI is InChI=1S/C16H32N2O.C3H8.2C2H6/c1-4-17-10-7-16(8-11-17)14-18(12-13-19-16)9-5-6-15(2)3;1-3-2;2*1-2/h15H,4-14H2,1-3H3;3H2,1-2H3;2*1-2H3. The Bertz CT molecular complexity index is 273. The third kappa shape index (κ3) is 12.3. The van der Waals surface area contributed by atoms with E-state index in [0.717, 1.165) is 19.1 Å². The van der Waals surface area contributed by atoms with Crippen LogP contribution >= 0.6 is 0 Å². The summed E-state index contributed by atoms with van der Waals surface area (Å²) >= 11 is 0. The lowest BCUT2D eigenvalue weighted by Gasteiger charge is -2.47. The average Bonchev–Trinajstić information content (AvgIpc) is 2.66. The van der Waals surface area contributed by atoms with Gasteiger partial charge in [-0.1, -0.05) is 68.7 Å². The quantitative estimate of drug-likeness (QED) is 0.582. The Balaban J connectivity index is 0. The molecule has 26 heavy (non-hydrogen) atoms. The highest BCUT2D eigenvalue weighted by atomic mass is 16.5. The molecular formula is C23H52N2O. The van der Waals surface area contributed by atoms with Gasteiger partial charge in [-0.3, -0.25) is 4.90 Å². The van der Waals surface area contributed by atoms with Crippen molar-refractivity contribution in [2.75, 3.05) is 45.9 Å². The number of nitrogens with zero attached hydrogens (tertiary/aromatic N) is 2. The molecule has 2 aliphatic rings. The Morgan fingerprint density at radius 3 is 1.88 bits per heavy atom. The van der Waals surface area contributed by atoms with Crippen molar-refractivity contribution in [2.24, 2.45) is 5.92 Å². The smallest absolute Gasteiger partial charge is 0.0833 e. The van der Waals surface area contributed by atoms with E-state index in [2.05, 4.69) is 44.4 Å². The first-order chi connectivity index (χ1) is 12.5. The molecule has 0 saturated carbocycles. The van der Waals surface area contributed by atoms with Crippen LogP contribution in [0.4, 0.5) is 0 Å². The van der Waals surface area contributed by atoms with Crippen LogP contribution in [0, 0.1) is 5.92 Å². The van der Waals surface area contributed by atoms with Gasteiger partial charge in [-0.15, -0.1) is 0 Å². The fraction of sp³-hybridized carbons (Fsp3) is 1.00. The van der Waals surface area contributed by atoms with Crippen LogP contribution < -0.4 is 0 Å². The van der Waals surface area contributed by atoms with Gasteiger partial charge in [0, 0.05) is 26.2 Å². The summed E-state index contributed by atoms with van der Waals surface area (Å²) in [5.41, 5.74) is 0.182. The summed E-state index contributed by atoms with van der Waals surface area (Å²) in [6.45, 7) is 27.3. The molecule has 0 aromatic rings. The van der Waals surface area contributed by atoms with Gasteiger partial charge in [0.05, 0.1) is 12.2 Å². The summed E-state index contributed by atoms with van der Waals surface area (Å²) in [5, 5.41) is 0. The fourth-order valence-electron chi connectivity index (χ4n) is 3.42. The molecule has 0 unspecified atom stereocenters. The number of morpholine rings is 1. The van der Waals surface area contributed by atoms with Crippen molar-refractivity contribution in [3.05, 3.63) is 0 Å². The molecule has 2 aliphatic heterocycles. The highest BCUT2D eigenvalue weighted by molar-refractivity contribution is 4.92. The lowest BCUT2D eigenvalue weighted by molar-refractivity contribution is -0.135. The van der Waals surface area contributed by atoms with E-state index in [0.29, 0.717) is 0 Å². The SMILES string of the molecule is CC.CC.CCC.CCN1CCC2(CC1)CN(CCCC(C)C)CCO2. The van der Waals surface area contributed by atoms with Crippen LogP contribution in [-0.2, 0) is 4.74 Å². The van der Waals surface area contributed by atoms with E-state index in [4.69, 9.17) is 4.74 Å². The van der Waals surface area contributed by atoms with Crippen LogP contribution in [0.3, 0.4) is 0 Å². The molecule has 0 N–H and O–H groups in total. The van der Waals surface area contributed by atoms with Gasteiger partial charge in [0.1, 0.15) is 0 Å². The predicted octanol–water partition coefficient (Wildman–Crippen LogP) is 6.08. The van der Waals surface area contributed by atoms with E-state index in [1.165, 1.54) is 64.8 Å². The Labute approximate surface area is 166 Å². The maximum absolute atomic E-state index is 6.19. The number of rotatable bonds is 5. The van der Waals surface area contributed by atoms with E-state index in [9.17, 15) is 0 Å². The van der Waals surface area contributed by atoms with Crippen LogP contribution in [0.2, 0.25) is 0 Å². The van der Waals surface area contributed by atoms with Crippen molar-refractivity contribution in [2.45, 2.75) is 100 Å². The number of likely N-dealkylation sites (tertiary alicyclic amines) is 1. The predicted molar refractivity (Wildman–Crippen MR) is 119 cm³/mol. The molecule has 0 aromatic heterocycles. The summed E-state index contributed by atoms with van der Waals surface area (Å²) < 4.78 is 6.19. The third-order valence-electron chi connectivity index (χ3n) is 4.80. The Morgan fingerprint density at radius 2 is 1.42 bits per heavy atom. The van der Waals surface area contributed by atoms with Crippen LogP contribution in [0.15, 0.2) is 0 Å². The Hall–Kier alpha value is -0.120. The largest absolute Gasteiger partial charge is 0.372 e. The van der Waals surface area contributed by atoms with Crippen LogP contribution in [-0.4, -0.2) is 61.3 Å². The second kappa shape index (κ2) is 18.3. The van der Waals surface area contributed by atoms with Crippen molar-refractivity contribution in [1.29, 1.82) is 0 Å². The first-order valence-electron chi connectivity index (χ1n) is 11.6. The molecule has 0 aromatic carbocycles. The molecule has 0 radical (unpaired) electrons. The van der Waals surface area contributed by atoms with Gasteiger partial charge in [0.2, 0.25) is 0 Å². The molecule has 3 heteroatoms. The maximum Gasteiger partial charge on any atom is 0.0833 e. The van der Waals surface area contributed by atoms with Crippen LogP contribution in [0.1, 0.15) is 94.4 Å². The Kier molecular flexibility index (Phi) is 19.7. The van der Waals surface area contributed by atoms with Gasteiger partial charge in [-0.2, -0.15) is 0 Å². The molecule has 1 spiro atoms. The second-order valence-corrected chi connectivity index (χ2v) is 7.49. The third-order valence-corrected chi connectivity index (χ3v) is 4.80. The molecule has 0 atom stereocenters. The molecule has 0 amide bonds. The average molecular weight is 373 g/mol. The van der Waals surface area contributed by atoms with E-state index in [-0.39, 0.29) is 5.60 Å². The first kappa shape index (κ1) is 28.1. The molecule has 160 valence electrons. The van der Waals surface area contributed by atoms with Gasteiger partial charge in [0.15, 0.2) is 0 Å². The lowest BCUT2D eigenvalue weighted by Crippen LogP contribution is -2.56. The zero-order chi connectivity index (χ0) is 20.4. The zero-order valence-corrected chi connectivity index (χ0v) is 19.9. The van der Waals surface area contributed by atoms with E-state index >= 15 is 0 Å². The van der Waals surface area contributed by atoms with Gasteiger partial charge in [-0.05, 0) is 44.7 Å². The van der Waals surface area contributed by atoms with Crippen molar-refractivity contribution >= 4 is 0 Å². The Morgan fingerprint density at radius 1 is 0.885 bits per heavy atom. The topological polar surface area (TPSA) is 15.7 Å². The molecule has 0 aliphatic carbocycles. The van der Waals surface area contributed by atoms with Crippen LogP contribution in [0.25, 0.3) is 0 Å². The van der Waals surface area contributed by atoms with Crippen molar-refractivity contribution in [1.82, 2.24) is 9.80 Å². The van der Waals surface area contributed by atoms with Crippen LogP contribution in [0.5, 0.6) is 0 Å². The molecule has 0 bridgehead atoms. The molecule has 2 heterocycles. The van der Waals surface area contributed by atoms with Crippen molar-refractivity contribution in [3.63, 3.8) is 0 Å². The van der Waals surface area contributed by atoms with E-state index < -0.39 is 0 Å². The lowest BCUT2D eigenvalue weighted by atomic mass is 9.89. The van der Waals surface area contributed by atoms with Gasteiger partial charge in [-0.25, -0.2) is 0 Å².